The second-order valence-electron chi connectivity index (χ2n) is 6.56. The molecule has 0 bridgehead atoms. The van der Waals surface area contributed by atoms with Gasteiger partial charge in [0.05, 0.1) is 0 Å². The highest BCUT2D eigenvalue weighted by molar-refractivity contribution is 8.76. The van der Waals surface area contributed by atoms with Gasteiger partial charge < -0.3 is 0 Å². The van der Waals surface area contributed by atoms with Crippen molar-refractivity contribution in [2.75, 3.05) is 0 Å². The normalized spacial score (nSPS) is 12.7. The molecule has 0 aliphatic carbocycles. The van der Waals surface area contributed by atoms with Crippen LogP contribution in [0.1, 0.15) is 53.0 Å². The van der Waals surface area contributed by atoms with E-state index in [9.17, 15) is 9.59 Å². The van der Waals surface area contributed by atoms with Crippen LogP contribution in [0, 0.1) is 11.8 Å². The van der Waals surface area contributed by atoms with Crippen molar-refractivity contribution in [1.82, 2.24) is 0 Å². The Morgan fingerprint density at radius 1 is 0.957 bits per heavy atom. The molecule has 23 heavy (non-hydrogen) atoms. The number of benzene rings is 1. The second-order valence-corrected chi connectivity index (χ2v) is 9.24. The van der Waals surface area contributed by atoms with Gasteiger partial charge in [0.15, 0.2) is 0 Å². The molecule has 1 unspecified atom stereocenters. The van der Waals surface area contributed by atoms with Crippen molar-refractivity contribution in [2.45, 2.75) is 64.0 Å². The van der Waals surface area contributed by atoms with Crippen molar-refractivity contribution in [1.29, 1.82) is 0 Å². The SMILES string of the molecule is CC(CCC(=O)C(C)C)SSc1ccccc1CC(=O)C(C)C. The van der Waals surface area contributed by atoms with Crippen LogP contribution in [-0.2, 0) is 16.0 Å². The van der Waals surface area contributed by atoms with Crippen LogP contribution >= 0.6 is 21.6 Å². The summed E-state index contributed by atoms with van der Waals surface area (Å²) in [7, 11) is 3.51. The molecule has 128 valence electrons. The quantitative estimate of drug-likeness (QED) is 0.514. The molecule has 1 aromatic carbocycles. The molecule has 0 saturated carbocycles. The standard InChI is InChI=1S/C19H28O2S2/c1-13(2)17(20)11-10-15(5)22-23-19-9-7-6-8-16(19)12-18(21)14(3)4/h6-9,13-15H,10-12H2,1-5H3. The van der Waals surface area contributed by atoms with Crippen molar-refractivity contribution in [3.05, 3.63) is 29.8 Å². The monoisotopic (exact) mass is 352 g/mol. The third-order valence-electron chi connectivity index (χ3n) is 3.72. The van der Waals surface area contributed by atoms with E-state index in [4.69, 9.17) is 0 Å². The van der Waals surface area contributed by atoms with Crippen LogP contribution in [-0.4, -0.2) is 16.8 Å². The van der Waals surface area contributed by atoms with Crippen LogP contribution in [0.3, 0.4) is 0 Å². The zero-order valence-corrected chi connectivity index (χ0v) is 16.4. The lowest BCUT2D eigenvalue weighted by Gasteiger charge is -2.13. The Morgan fingerprint density at radius 3 is 2.17 bits per heavy atom. The maximum atomic E-state index is 12.0. The summed E-state index contributed by atoms with van der Waals surface area (Å²) in [5.41, 5.74) is 1.11. The van der Waals surface area contributed by atoms with Gasteiger partial charge in [0, 0.05) is 34.8 Å². The number of Topliss-reactive ketones (excluding diaryl/α,β-unsaturated/α-hetero) is 2. The van der Waals surface area contributed by atoms with Crippen LogP contribution in [0.5, 0.6) is 0 Å². The molecule has 0 radical (unpaired) electrons. The Balaban J connectivity index is 2.54. The topological polar surface area (TPSA) is 34.1 Å². The van der Waals surface area contributed by atoms with Gasteiger partial charge in [-0.3, -0.25) is 9.59 Å². The Morgan fingerprint density at radius 2 is 1.57 bits per heavy atom. The van der Waals surface area contributed by atoms with E-state index < -0.39 is 0 Å². The summed E-state index contributed by atoms with van der Waals surface area (Å²) in [6.45, 7) is 9.96. The summed E-state index contributed by atoms with van der Waals surface area (Å²) in [6, 6.07) is 8.12. The summed E-state index contributed by atoms with van der Waals surface area (Å²) in [4.78, 5) is 24.9. The van der Waals surface area contributed by atoms with Crippen molar-refractivity contribution < 1.29 is 9.59 Å². The van der Waals surface area contributed by atoms with Crippen LogP contribution in [0.2, 0.25) is 0 Å². The van der Waals surface area contributed by atoms with Gasteiger partial charge in [-0.1, -0.05) is 74.4 Å². The lowest BCUT2D eigenvalue weighted by molar-refractivity contribution is -0.122. The van der Waals surface area contributed by atoms with Crippen molar-refractivity contribution in [2.24, 2.45) is 11.8 Å². The number of hydrogen-bond donors (Lipinski definition) is 0. The third kappa shape index (κ3) is 7.58. The van der Waals surface area contributed by atoms with E-state index in [1.165, 1.54) is 0 Å². The van der Waals surface area contributed by atoms with Crippen molar-refractivity contribution in [3.8, 4) is 0 Å². The molecule has 0 aliphatic rings. The Hall–Kier alpha value is -0.740. The van der Waals surface area contributed by atoms with Gasteiger partial charge >= 0.3 is 0 Å². The minimum Gasteiger partial charge on any atom is -0.299 e. The molecule has 4 heteroatoms. The third-order valence-corrected chi connectivity index (χ3v) is 6.78. The minimum absolute atomic E-state index is 0.0710. The van der Waals surface area contributed by atoms with Gasteiger partial charge in [-0.15, -0.1) is 0 Å². The summed E-state index contributed by atoms with van der Waals surface area (Å²) in [6.07, 6.45) is 2.06. The van der Waals surface area contributed by atoms with Gasteiger partial charge in [-0.2, -0.15) is 0 Å². The van der Waals surface area contributed by atoms with Gasteiger partial charge in [-0.25, -0.2) is 0 Å². The lowest BCUT2D eigenvalue weighted by atomic mass is 10.0. The van der Waals surface area contributed by atoms with Crippen molar-refractivity contribution in [3.63, 3.8) is 0 Å². The molecule has 0 saturated heterocycles. The lowest BCUT2D eigenvalue weighted by Crippen LogP contribution is -2.10. The number of hydrogen-bond acceptors (Lipinski definition) is 4. The molecule has 1 aromatic rings. The number of ketones is 2. The van der Waals surface area contributed by atoms with E-state index in [1.54, 1.807) is 21.6 Å². The largest absolute Gasteiger partial charge is 0.299 e. The number of carbonyl (C=O) groups excluding carboxylic acids is 2. The summed E-state index contributed by atoms with van der Waals surface area (Å²) < 4.78 is 0. The predicted octanol–water partition coefficient (Wildman–Crippen LogP) is 5.59. The molecule has 1 atom stereocenters. The number of rotatable bonds is 10. The molecule has 0 aliphatic heterocycles. The molecular formula is C19H28O2S2. The molecule has 0 aromatic heterocycles. The molecule has 0 spiro atoms. The fourth-order valence-electron chi connectivity index (χ4n) is 1.94. The maximum Gasteiger partial charge on any atom is 0.139 e. The fraction of sp³-hybridized carbons (Fsp3) is 0.579. The minimum atomic E-state index is 0.0710. The van der Waals surface area contributed by atoms with E-state index in [0.29, 0.717) is 23.9 Å². The molecular weight excluding hydrogens is 324 g/mol. The first kappa shape index (κ1) is 20.3. The van der Waals surface area contributed by atoms with Gasteiger partial charge in [0.2, 0.25) is 0 Å². The van der Waals surface area contributed by atoms with Crippen LogP contribution in [0.4, 0.5) is 0 Å². The van der Waals surface area contributed by atoms with Crippen LogP contribution in [0.25, 0.3) is 0 Å². The highest BCUT2D eigenvalue weighted by Crippen LogP contribution is 2.38. The first-order chi connectivity index (χ1) is 10.8. The van der Waals surface area contributed by atoms with Gasteiger partial charge in [-0.05, 0) is 18.1 Å². The van der Waals surface area contributed by atoms with E-state index in [0.717, 1.165) is 16.9 Å². The van der Waals surface area contributed by atoms with E-state index >= 15 is 0 Å². The zero-order valence-electron chi connectivity index (χ0n) is 14.8. The summed E-state index contributed by atoms with van der Waals surface area (Å²) in [5, 5.41) is 0.413. The van der Waals surface area contributed by atoms with E-state index in [1.807, 2.05) is 45.9 Å². The molecule has 1 rings (SSSR count). The molecule has 0 heterocycles. The highest BCUT2D eigenvalue weighted by Gasteiger charge is 2.14. The zero-order chi connectivity index (χ0) is 17.4. The first-order valence-electron chi connectivity index (χ1n) is 8.28. The smallest absolute Gasteiger partial charge is 0.139 e. The second kappa shape index (κ2) is 10.2. The average molecular weight is 353 g/mol. The first-order valence-corrected chi connectivity index (χ1v) is 10.5. The summed E-state index contributed by atoms with van der Waals surface area (Å²) >= 11 is 0. The molecule has 0 amide bonds. The van der Waals surface area contributed by atoms with E-state index in [2.05, 4.69) is 13.0 Å². The molecule has 2 nitrogen and oxygen atoms in total. The fourth-order valence-corrected chi connectivity index (χ4v) is 4.38. The van der Waals surface area contributed by atoms with Crippen LogP contribution < -0.4 is 0 Å². The van der Waals surface area contributed by atoms with Gasteiger partial charge in [0.25, 0.3) is 0 Å². The van der Waals surface area contributed by atoms with Crippen LogP contribution in [0.15, 0.2) is 29.2 Å². The average Bonchev–Trinajstić information content (AvgIpc) is 2.51. The summed E-state index contributed by atoms with van der Waals surface area (Å²) in [5.74, 6) is 0.813. The van der Waals surface area contributed by atoms with Crippen molar-refractivity contribution >= 4 is 33.2 Å². The maximum absolute atomic E-state index is 12.0. The van der Waals surface area contributed by atoms with Gasteiger partial charge in [0.1, 0.15) is 11.6 Å². The number of carbonyl (C=O) groups is 2. The van der Waals surface area contributed by atoms with E-state index in [-0.39, 0.29) is 17.6 Å². The Kier molecular flexibility index (Phi) is 9.00. The Labute approximate surface area is 148 Å². The molecule has 0 fully saturated rings. The highest BCUT2D eigenvalue weighted by atomic mass is 33.1. The Bertz CT molecular complexity index is 524. The molecule has 0 N–H and O–H groups in total. The predicted molar refractivity (Wildman–Crippen MR) is 102 cm³/mol.